The third-order valence-corrected chi connectivity index (χ3v) is 4.73. The predicted octanol–water partition coefficient (Wildman–Crippen LogP) is 2.12. The summed E-state index contributed by atoms with van der Waals surface area (Å²) in [7, 11) is 1.63. The molecule has 1 aromatic carbocycles. The van der Waals surface area contributed by atoms with Gasteiger partial charge in [-0.15, -0.1) is 0 Å². The third kappa shape index (κ3) is 2.21. The van der Waals surface area contributed by atoms with Gasteiger partial charge in [0.05, 0.1) is 11.7 Å². The minimum atomic E-state index is -0.400. The van der Waals surface area contributed by atoms with Crippen LogP contribution in [0, 0.1) is 0 Å². The van der Waals surface area contributed by atoms with Gasteiger partial charge in [0, 0.05) is 23.9 Å². The first-order chi connectivity index (χ1) is 11.6. The van der Waals surface area contributed by atoms with E-state index in [1.54, 1.807) is 13.2 Å². The molecule has 24 heavy (non-hydrogen) atoms. The van der Waals surface area contributed by atoms with Gasteiger partial charge >= 0.3 is 0 Å². The van der Waals surface area contributed by atoms with Crippen molar-refractivity contribution in [2.45, 2.75) is 38.3 Å². The Bertz CT molecular complexity index is 997. The van der Waals surface area contributed by atoms with Gasteiger partial charge in [0.15, 0.2) is 0 Å². The highest BCUT2D eigenvalue weighted by Crippen LogP contribution is 2.31. The minimum absolute atomic E-state index is 0.0125. The van der Waals surface area contributed by atoms with E-state index in [0.29, 0.717) is 18.0 Å². The Hall–Kier alpha value is -2.63. The fourth-order valence-corrected chi connectivity index (χ4v) is 3.32. The lowest BCUT2D eigenvalue weighted by Gasteiger charge is -2.19. The highest BCUT2D eigenvalue weighted by atomic mass is 16.2. The first kappa shape index (κ1) is 14.9. The molecule has 124 valence electrons. The molecule has 6 heteroatoms. The molecule has 1 unspecified atom stereocenters. The number of amides is 1. The number of para-hydroxylation sites is 1. The molecule has 1 amide bonds. The zero-order chi connectivity index (χ0) is 16.8. The molecule has 4 rings (SSSR count). The third-order valence-electron chi connectivity index (χ3n) is 4.73. The maximum absolute atomic E-state index is 12.8. The van der Waals surface area contributed by atoms with Crippen molar-refractivity contribution in [1.29, 1.82) is 0 Å². The van der Waals surface area contributed by atoms with Crippen molar-refractivity contribution in [2.24, 2.45) is 7.05 Å². The lowest BCUT2D eigenvalue weighted by molar-refractivity contribution is -0.124. The summed E-state index contributed by atoms with van der Waals surface area (Å²) in [5, 5.41) is 8.97. The van der Waals surface area contributed by atoms with Crippen molar-refractivity contribution in [1.82, 2.24) is 19.7 Å². The van der Waals surface area contributed by atoms with Crippen LogP contribution in [-0.2, 0) is 11.8 Å². The number of fused-ring (bicyclic) bond motifs is 3. The number of nitrogens with one attached hydrogen (secondary N) is 1. The molecule has 1 N–H and O–H groups in total. The standard InChI is InChI=1S/C18H20N4O2/c1-3-14(17(23)20-11-8-9-11)22-15-7-5-4-6-12(15)13-10-19-21(2)18(24)16(13)22/h4-7,10-11,14H,3,8-9H2,1-2H3,(H,20,23). The topological polar surface area (TPSA) is 68.9 Å². The summed E-state index contributed by atoms with van der Waals surface area (Å²) in [4.78, 5) is 25.5. The molecular weight excluding hydrogens is 304 g/mol. The normalized spacial score (nSPS) is 15.8. The molecule has 0 bridgehead atoms. The molecule has 0 saturated heterocycles. The number of benzene rings is 1. The second-order valence-corrected chi connectivity index (χ2v) is 6.43. The van der Waals surface area contributed by atoms with Crippen LogP contribution in [0.25, 0.3) is 21.8 Å². The minimum Gasteiger partial charge on any atom is -0.352 e. The van der Waals surface area contributed by atoms with Gasteiger partial charge in [-0.2, -0.15) is 5.10 Å². The molecule has 3 aromatic rings. The summed E-state index contributed by atoms with van der Waals surface area (Å²) >= 11 is 0. The zero-order valence-electron chi connectivity index (χ0n) is 13.8. The molecule has 1 aliphatic carbocycles. The van der Waals surface area contributed by atoms with Crippen LogP contribution in [0.2, 0.25) is 0 Å². The Kier molecular flexibility index (Phi) is 3.40. The average Bonchev–Trinajstić information content (AvgIpc) is 3.33. The van der Waals surface area contributed by atoms with E-state index in [0.717, 1.165) is 29.1 Å². The lowest BCUT2D eigenvalue weighted by atomic mass is 10.2. The maximum atomic E-state index is 12.8. The quantitative estimate of drug-likeness (QED) is 0.799. The Morgan fingerprint density at radius 2 is 2.08 bits per heavy atom. The van der Waals surface area contributed by atoms with Crippen LogP contribution in [0.5, 0.6) is 0 Å². The van der Waals surface area contributed by atoms with E-state index < -0.39 is 6.04 Å². The van der Waals surface area contributed by atoms with Crippen LogP contribution >= 0.6 is 0 Å². The van der Waals surface area contributed by atoms with Crippen molar-refractivity contribution in [2.75, 3.05) is 0 Å². The second kappa shape index (κ2) is 5.47. The summed E-state index contributed by atoms with van der Waals surface area (Å²) in [5.74, 6) is -0.0125. The van der Waals surface area contributed by atoms with E-state index >= 15 is 0 Å². The van der Waals surface area contributed by atoms with Crippen LogP contribution in [0.1, 0.15) is 32.2 Å². The van der Waals surface area contributed by atoms with Crippen LogP contribution in [0.3, 0.4) is 0 Å². The van der Waals surface area contributed by atoms with Gasteiger partial charge in [0.2, 0.25) is 5.91 Å². The summed E-state index contributed by atoms with van der Waals surface area (Å²) in [6.07, 6.45) is 4.42. The van der Waals surface area contributed by atoms with Crippen LogP contribution in [-0.4, -0.2) is 26.3 Å². The van der Waals surface area contributed by atoms with E-state index in [-0.39, 0.29) is 11.5 Å². The number of hydrogen-bond donors (Lipinski definition) is 1. The van der Waals surface area contributed by atoms with E-state index in [9.17, 15) is 9.59 Å². The van der Waals surface area contributed by atoms with Gasteiger partial charge in [0.1, 0.15) is 11.6 Å². The van der Waals surface area contributed by atoms with E-state index in [4.69, 9.17) is 0 Å². The largest absolute Gasteiger partial charge is 0.352 e. The van der Waals surface area contributed by atoms with Crippen molar-refractivity contribution in [3.63, 3.8) is 0 Å². The molecule has 1 fully saturated rings. The summed E-state index contributed by atoms with van der Waals surface area (Å²) < 4.78 is 3.22. The number of rotatable bonds is 4. The molecule has 2 heterocycles. The fraction of sp³-hybridized carbons (Fsp3) is 0.389. The van der Waals surface area contributed by atoms with Crippen molar-refractivity contribution < 1.29 is 4.79 Å². The number of carbonyl (C=O) groups is 1. The smallest absolute Gasteiger partial charge is 0.291 e. The first-order valence-corrected chi connectivity index (χ1v) is 8.37. The number of aryl methyl sites for hydroxylation is 1. The van der Waals surface area contributed by atoms with Crippen LogP contribution < -0.4 is 10.9 Å². The monoisotopic (exact) mass is 324 g/mol. The molecule has 0 aliphatic heterocycles. The van der Waals surface area contributed by atoms with Gasteiger partial charge in [-0.3, -0.25) is 9.59 Å². The predicted molar refractivity (Wildman–Crippen MR) is 93.0 cm³/mol. The highest BCUT2D eigenvalue weighted by molar-refractivity contribution is 6.08. The number of nitrogens with zero attached hydrogens (tertiary/aromatic N) is 3. The summed E-state index contributed by atoms with van der Waals surface area (Å²) in [6, 6.07) is 7.70. The van der Waals surface area contributed by atoms with E-state index in [1.807, 2.05) is 35.8 Å². The zero-order valence-corrected chi connectivity index (χ0v) is 13.8. The maximum Gasteiger partial charge on any atom is 0.291 e. The average molecular weight is 324 g/mol. The van der Waals surface area contributed by atoms with Crippen molar-refractivity contribution in [3.8, 4) is 0 Å². The lowest BCUT2D eigenvalue weighted by Crippen LogP contribution is -2.34. The van der Waals surface area contributed by atoms with E-state index in [1.165, 1.54) is 4.68 Å². The highest BCUT2D eigenvalue weighted by Gasteiger charge is 2.30. The number of aromatic nitrogens is 3. The molecule has 0 spiro atoms. The van der Waals surface area contributed by atoms with Crippen LogP contribution in [0.4, 0.5) is 0 Å². The van der Waals surface area contributed by atoms with Crippen molar-refractivity contribution in [3.05, 3.63) is 40.8 Å². The number of hydrogen-bond acceptors (Lipinski definition) is 3. The van der Waals surface area contributed by atoms with Gasteiger partial charge < -0.3 is 9.88 Å². The summed E-state index contributed by atoms with van der Waals surface area (Å²) in [6.45, 7) is 1.98. The molecule has 1 saturated carbocycles. The molecule has 6 nitrogen and oxygen atoms in total. The molecule has 2 aromatic heterocycles. The molecule has 1 aliphatic rings. The van der Waals surface area contributed by atoms with Crippen molar-refractivity contribution >= 4 is 27.7 Å². The molecule has 1 atom stereocenters. The Balaban J connectivity index is 2.01. The van der Waals surface area contributed by atoms with Crippen LogP contribution in [0.15, 0.2) is 35.3 Å². The first-order valence-electron chi connectivity index (χ1n) is 8.37. The summed E-state index contributed by atoms with van der Waals surface area (Å²) in [5.41, 5.74) is 1.27. The van der Waals surface area contributed by atoms with E-state index in [2.05, 4.69) is 10.4 Å². The second-order valence-electron chi connectivity index (χ2n) is 6.43. The van der Waals surface area contributed by atoms with Gasteiger partial charge in [-0.05, 0) is 25.3 Å². The fourth-order valence-electron chi connectivity index (χ4n) is 3.32. The number of carbonyl (C=O) groups excluding carboxylic acids is 1. The van der Waals surface area contributed by atoms with Gasteiger partial charge in [-0.1, -0.05) is 25.1 Å². The Morgan fingerprint density at radius 3 is 2.79 bits per heavy atom. The Morgan fingerprint density at radius 1 is 1.33 bits per heavy atom. The van der Waals surface area contributed by atoms with Gasteiger partial charge in [-0.25, -0.2) is 4.68 Å². The van der Waals surface area contributed by atoms with Gasteiger partial charge in [0.25, 0.3) is 5.56 Å². The SMILES string of the molecule is CCC(C(=O)NC1CC1)n1c2ccccc2c2cnn(C)c(=O)c21. The Labute approximate surface area is 139 Å². The molecule has 0 radical (unpaired) electrons. The molecular formula is C18H20N4O2.